The molecule has 1 fully saturated rings. The lowest BCUT2D eigenvalue weighted by atomic mass is 10.1. The third kappa shape index (κ3) is 5.58. The van der Waals surface area contributed by atoms with Crippen molar-refractivity contribution in [2.75, 3.05) is 40.5 Å². The Balaban J connectivity index is 1.64. The molecule has 0 aliphatic carbocycles. The fourth-order valence-corrected chi connectivity index (χ4v) is 3.45. The van der Waals surface area contributed by atoms with Gasteiger partial charge in [0, 0.05) is 16.7 Å². The van der Waals surface area contributed by atoms with E-state index < -0.39 is 0 Å². The zero-order valence-corrected chi connectivity index (χ0v) is 17.9. The second-order valence-corrected chi connectivity index (χ2v) is 7.16. The molecule has 0 aromatic heterocycles. The minimum Gasteiger partial charge on any atom is -0.493 e. The van der Waals surface area contributed by atoms with Crippen molar-refractivity contribution in [1.29, 1.82) is 0 Å². The smallest absolute Gasteiger partial charge is 0.271 e. The van der Waals surface area contributed by atoms with Crippen LogP contribution in [0.1, 0.15) is 34.8 Å². The maximum Gasteiger partial charge on any atom is 0.271 e. The molecule has 0 saturated carbocycles. The highest BCUT2D eigenvalue weighted by atomic mass is 16.5. The molecule has 30 heavy (non-hydrogen) atoms. The van der Waals surface area contributed by atoms with Crippen LogP contribution in [0.25, 0.3) is 0 Å². The summed E-state index contributed by atoms with van der Waals surface area (Å²) in [5.41, 5.74) is 6.11. The van der Waals surface area contributed by atoms with Gasteiger partial charge in [-0.2, -0.15) is 5.10 Å². The van der Waals surface area contributed by atoms with Crippen molar-refractivity contribution in [1.82, 2.24) is 5.43 Å². The first-order valence-electron chi connectivity index (χ1n) is 10.2. The number of hydrogen-bond donors (Lipinski definition) is 2. The molecular weight excluding hydrogens is 382 g/mol. The molecule has 7 heteroatoms. The Morgan fingerprint density at radius 3 is 2.33 bits per heavy atom. The van der Waals surface area contributed by atoms with Gasteiger partial charge >= 0.3 is 0 Å². The van der Waals surface area contributed by atoms with Gasteiger partial charge in [-0.15, -0.1) is 0 Å². The summed E-state index contributed by atoms with van der Waals surface area (Å²) in [6.45, 7) is 6.61. The highest BCUT2D eigenvalue weighted by molar-refractivity contribution is 6.02. The van der Waals surface area contributed by atoms with Gasteiger partial charge in [-0.25, -0.2) is 5.43 Å². The third-order valence-electron chi connectivity index (χ3n) is 5.21. The molecule has 0 radical (unpaired) electrons. The van der Waals surface area contributed by atoms with Crippen LogP contribution in [-0.4, -0.2) is 52.1 Å². The van der Waals surface area contributed by atoms with E-state index in [-0.39, 0.29) is 5.91 Å². The second kappa shape index (κ2) is 10.8. The van der Waals surface area contributed by atoms with E-state index >= 15 is 0 Å². The SMILES string of the molecule is CC/C(=N/NC(=O)c1ccc(C[NH+]2CCOCC2)cc1)c1ccc(OC)c(OC)c1. The number of nitrogens with zero attached hydrogens (tertiary/aromatic N) is 1. The summed E-state index contributed by atoms with van der Waals surface area (Å²) >= 11 is 0. The van der Waals surface area contributed by atoms with Crippen molar-refractivity contribution in [2.24, 2.45) is 5.10 Å². The van der Waals surface area contributed by atoms with Crippen LogP contribution in [0, 0.1) is 0 Å². The summed E-state index contributed by atoms with van der Waals surface area (Å²) < 4.78 is 16.0. The number of amides is 1. The molecule has 0 unspecified atom stereocenters. The van der Waals surface area contributed by atoms with Gasteiger partial charge in [-0.05, 0) is 36.8 Å². The second-order valence-electron chi connectivity index (χ2n) is 7.16. The van der Waals surface area contributed by atoms with E-state index in [0.717, 1.165) is 44.1 Å². The van der Waals surface area contributed by atoms with Gasteiger partial charge in [0.05, 0.1) is 33.1 Å². The number of hydrogen-bond acceptors (Lipinski definition) is 5. The predicted octanol–water partition coefficient (Wildman–Crippen LogP) is 1.66. The van der Waals surface area contributed by atoms with Crippen molar-refractivity contribution < 1.29 is 23.9 Å². The molecule has 2 aromatic rings. The number of morpholine rings is 1. The summed E-state index contributed by atoms with van der Waals surface area (Å²) in [5.74, 6) is 1.05. The Hall–Kier alpha value is -2.90. The summed E-state index contributed by atoms with van der Waals surface area (Å²) in [6, 6.07) is 13.3. The Bertz CT molecular complexity index is 875. The van der Waals surface area contributed by atoms with Crippen LogP contribution < -0.4 is 19.8 Å². The van der Waals surface area contributed by atoms with Gasteiger partial charge < -0.3 is 19.1 Å². The molecule has 7 nitrogen and oxygen atoms in total. The van der Waals surface area contributed by atoms with Crippen LogP contribution >= 0.6 is 0 Å². The van der Waals surface area contributed by atoms with Gasteiger partial charge in [0.25, 0.3) is 5.91 Å². The van der Waals surface area contributed by atoms with Crippen molar-refractivity contribution >= 4 is 11.6 Å². The van der Waals surface area contributed by atoms with Crippen LogP contribution in [0.2, 0.25) is 0 Å². The van der Waals surface area contributed by atoms with E-state index in [1.807, 2.05) is 49.4 Å². The maximum atomic E-state index is 12.5. The molecule has 1 aliphatic heterocycles. The molecular formula is C23H30N3O4+. The number of carbonyl (C=O) groups excluding carboxylic acids is 1. The number of ether oxygens (including phenoxy) is 3. The van der Waals surface area contributed by atoms with E-state index in [1.54, 1.807) is 14.2 Å². The average Bonchev–Trinajstić information content (AvgIpc) is 2.80. The Kier molecular flexibility index (Phi) is 7.82. The van der Waals surface area contributed by atoms with E-state index in [4.69, 9.17) is 14.2 Å². The zero-order chi connectivity index (χ0) is 21.3. The van der Waals surface area contributed by atoms with Gasteiger partial charge in [-0.3, -0.25) is 4.79 Å². The van der Waals surface area contributed by atoms with Crippen LogP contribution in [0.15, 0.2) is 47.6 Å². The van der Waals surface area contributed by atoms with E-state index in [0.29, 0.717) is 23.5 Å². The van der Waals surface area contributed by atoms with Crippen LogP contribution in [-0.2, 0) is 11.3 Å². The number of rotatable bonds is 8. The average molecular weight is 413 g/mol. The molecule has 1 aliphatic rings. The normalized spacial score (nSPS) is 15.0. The highest BCUT2D eigenvalue weighted by Crippen LogP contribution is 2.28. The first-order valence-corrected chi connectivity index (χ1v) is 10.2. The van der Waals surface area contributed by atoms with Crippen molar-refractivity contribution in [3.05, 3.63) is 59.2 Å². The predicted molar refractivity (Wildman–Crippen MR) is 116 cm³/mol. The van der Waals surface area contributed by atoms with Crippen molar-refractivity contribution in [3.63, 3.8) is 0 Å². The fourth-order valence-electron chi connectivity index (χ4n) is 3.45. The summed E-state index contributed by atoms with van der Waals surface area (Å²) in [7, 11) is 3.19. The molecule has 3 rings (SSSR count). The minimum atomic E-state index is -0.230. The van der Waals surface area contributed by atoms with Gasteiger partial charge in [-0.1, -0.05) is 19.1 Å². The zero-order valence-electron chi connectivity index (χ0n) is 17.9. The number of nitrogens with one attached hydrogen (secondary N) is 2. The Morgan fingerprint density at radius 1 is 1.03 bits per heavy atom. The maximum absolute atomic E-state index is 12.5. The fraction of sp³-hybridized carbons (Fsp3) is 0.391. The monoisotopic (exact) mass is 412 g/mol. The lowest BCUT2D eigenvalue weighted by Crippen LogP contribution is -3.12. The number of hydrazone groups is 1. The summed E-state index contributed by atoms with van der Waals surface area (Å²) in [5, 5.41) is 4.34. The topological polar surface area (TPSA) is 73.6 Å². The first kappa shape index (κ1) is 21.8. The Labute approximate surface area is 177 Å². The summed E-state index contributed by atoms with van der Waals surface area (Å²) in [6.07, 6.45) is 0.664. The van der Waals surface area contributed by atoms with E-state index in [2.05, 4.69) is 10.5 Å². The number of carbonyl (C=O) groups is 1. The number of quaternary nitrogens is 1. The van der Waals surface area contributed by atoms with E-state index in [1.165, 1.54) is 10.5 Å². The van der Waals surface area contributed by atoms with Crippen molar-refractivity contribution in [2.45, 2.75) is 19.9 Å². The minimum absolute atomic E-state index is 0.230. The quantitative estimate of drug-likeness (QED) is 0.511. The molecule has 1 heterocycles. The molecule has 2 N–H and O–H groups in total. The van der Waals surface area contributed by atoms with Gasteiger partial charge in [0.15, 0.2) is 11.5 Å². The van der Waals surface area contributed by atoms with Crippen molar-refractivity contribution in [3.8, 4) is 11.5 Å². The molecule has 1 saturated heterocycles. The van der Waals surface area contributed by atoms with Gasteiger partial charge in [0.2, 0.25) is 0 Å². The molecule has 0 atom stereocenters. The molecule has 2 aromatic carbocycles. The van der Waals surface area contributed by atoms with E-state index in [9.17, 15) is 4.79 Å². The Morgan fingerprint density at radius 2 is 1.70 bits per heavy atom. The van der Waals surface area contributed by atoms with Crippen LogP contribution in [0.3, 0.4) is 0 Å². The molecule has 160 valence electrons. The molecule has 0 spiro atoms. The summed E-state index contributed by atoms with van der Waals surface area (Å²) in [4.78, 5) is 14.0. The van der Waals surface area contributed by atoms with Gasteiger partial charge in [0.1, 0.15) is 19.6 Å². The van der Waals surface area contributed by atoms with Crippen LogP contribution in [0.5, 0.6) is 11.5 Å². The van der Waals surface area contributed by atoms with Crippen LogP contribution in [0.4, 0.5) is 0 Å². The lowest BCUT2D eigenvalue weighted by Gasteiger charge is -2.23. The first-order chi connectivity index (χ1) is 14.6. The number of benzene rings is 2. The lowest BCUT2D eigenvalue weighted by molar-refractivity contribution is -0.921. The highest BCUT2D eigenvalue weighted by Gasteiger charge is 2.15. The molecule has 0 bridgehead atoms. The standard InChI is InChI=1S/C23H29N3O4/c1-4-20(19-9-10-21(28-2)22(15-19)29-3)24-25-23(27)18-7-5-17(6-8-18)16-26-11-13-30-14-12-26/h5-10,15H,4,11-14,16H2,1-3H3,(H,25,27)/p+1/b24-20-. The molecule has 1 amide bonds. The number of methoxy groups -OCH3 is 2. The third-order valence-corrected chi connectivity index (χ3v) is 5.21. The largest absolute Gasteiger partial charge is 0.493 e.